The van der Waals surface area contributed by atoms with Crippen molar-refractivity contribution >= 4 is 5.78 Å². The second-order valence-electron chi connectivity index (χ2n) is 5.08. The van der Waals surface area contributed by atoms with Crippen molar-refractivity contribution in [2.24, 2.45) is 0 Å². The SMILES string of the molecule is CCCN1CCOC(C(=O)c2ccc(C)c(F)c2F)C1. The third kappa shape index (κ3) is 3.04. The summed E-state index contributed by atoms with van der Waals surface area (Å²) in [5, 5.41) is 0. The van der Waals surface area contributed by atoms with Gasteiger partial charge in [-0.25, -0.2) is 8.78 Å². The summed E-state index contributed by atoms with van der Waals surface area (Å²) in [5.74, 6) is -2.52. The highest BCUT2D eigenvalue weighted by Gasteiger charge is 2.29. The number of hydrogen-bond donors (Lipinski definition) is 0. The molecule has 0 aliphatic carbocycles. The van der Waals surface area contributed by atoms with Crippen LogP contribution in [0.2, 0.25) is 0 Å². The van der Waals surface area contributed by atoms with E-state index < -0.39 is 23.5 Å². The molecule has 0 N–H and O–H groups in total. The fourth-order valence-electron chi connectivity index (χ4n) is 2.39. The van der Waals surface area contributed by atoms with E-state index in [4.69, 9.17) is 4.74 Å². The summed E-state index contributed by atoms with van der Waals surface area (Å²) in [5.41, 5.74) is -0.0346. The number of ether oxygens (including phenoxy) is 1. The highest BCUT2D eigenvalue weighted by Crippen LogP contribution is 2.19. The largest absolute Gasteiger partial charge is 0.367 e. The Morgan fingerprint density at radius 1 is 1.40 bits per heavy atom. The summed E-state index contributed by atoms with van der Waals surface area (Å²) in [7, 11) is 0. The molecule has 2 rings (SSSR count). The van der Waals surface area contributed by atoms with Gasteiger partial charge in [0.15, 0.2) is 17.4 Å². The molecule has 0 aromatic heterocycles. The van der Waals surface area contributed by atoms with Gasteiger partial charge in [-0.05, 0) is 31.5 Å². The summed E-state index contributed by atoms with van der Waals surface area (Å²) >= 11 is 0. The molecule has 110 valence electrons. The molecule has 1 unspecified atom stereocenters. The van der Waals surface area contributed by atoms with Gasteiger partial charge in [-0.2, -0.15) is 0 Å². The molecule has 1 fully saturated rings. The minimum Gasteiger partial charge on any atom is -0.367 e. The first-order valence-electron chi connectivity index (χ1n) is 6.87. The van der Waals surface area contributed by atoms with Crippen LogP contribution in [0.25, 0.3) is 0 Å². The molecule has 1 aromatic carbocycles. The highest BCUT2D eigenvalue weighted by molar-refractivity contribution is 6.00. The van der Waals surface area contributed by atoms with Gasteiger partial charge in [0.1, 0.15) is 6.10 Å². The van der Waals surface area contributed by atoms with Gasteiger partial charge >= 0.3 is 0 Å². The van der Waals surface area contributed by atoms with E-state index in [1.807, 2.05) is 0 Å². The number of aryl methyl sites for hydroxylation is 1. The summed E-state index contributed by atoms with van der Waals surface area (Å²) < 4.78 is 32.8. The summed E-state index contributed by atoms with van der Waals surface area (Å²) in [6, 6.07) is 2.75. The number of nitrogens with zero attached hydrogens (tertiary/aromatic N) is 1. The molecular formula is C15H19F2NO2. The van der Waals surface area contributed by atoms with Gasteiger partial charge < -0.3 is 4.74 Å². The lowest BCUT2D eigenvalue weighted by molar-refractivity contribution is -0.0166. The molecule has 1 aliphatic rings. The number of Topliss-reactive ketones (excluding diaryl/α,β-unsaturated/α-hetero) is 1. The Hall–Kier alpha value is -1.33. The zero-order valence-corrected chi connectivity index (χ0v) is 11.8. The monoisotopic (exact) mass is 283 g/mol. The molecule has 5 heteroatoms. The molecule has 0 amide bonds. The van der Waals surface area contributed by atoms with E-state index >= 15 is 0 Å². The first kappa shape index (κ1) is 15.1. The molecule has 0 saturated carbocycles. The molecule has 0 spiro atoms. The van der Waals surface area contributed by atoms with Crippen molar-refractivity contribution in [3.05, 3.63) is 34.9 Å². The maximum Gasteiger partial charge on any atom is 0.195 e. The fraction of sp³-hybridized carbons (Fsp3) is 0.533. The van der Waals surface area contributed by atoms with Crippen molar-refractivity contribution < 1.29 is 18.3 Å². The van der Waals surface area contributed by atoms with Gasteiger partial charge in [-0.15, -0.1) is 0 Å². The number of halogens is 2. The van der Waals surface area contributed by atoms with Crippen LogP contribution in [0, 0.1) is 18.6 Å². The Balaban J connectivity index is 2.17. The lowest BCUT2D eigenvalue weighted by Gasteiger charge is -2.31. The fourth-order valence-corrected chi connectivity index (χ4v) is 2.39. The first-order valence-corrected chi connectivity index (χ1v) is 6.87. The number of ketones is 1. The van der Waals surface area contributed by atoms with Crippen molar-refractivity contribution in [2.45, 2.75) is 26.4 Å². The molecule has 1 atom stereocenters. The lowest BCUT2D eigenvalue weighted by atomic mass is 10.0. The normalized spacial score (nSPS) is 20.1. The quantitative estimate of drug-likeness (QED) is 0.795. The van der Waals surface area contributed by atoms with Crippen LogP contribution in [0.4, 0.5) is 8.78 Å². The zero-order valence-electron chi connectivity index (χ0n) is 11.8. The topological polar surface area (TPSA) is 29.5 Å². The Labute approximate surface area is 117 Å². The minimum atomic E-state index is -1.08. The molecule has 0 bridgehead atoms. The van der Waals surface area contributed by atoms with E-state index in [2.05, 4.69) is 11.8 Å². The smallest absolute Gasteiger partial charge is 0.195 e. The molecule has 20 heavy (non-hydrogen) atoms. The predicted molar refractivity (Wildman–Crippen MR) is 71.9 cm³/mol. The Kier molecular flexibility index (Phi) is 4.83. The van der Waals surface area contributed by atoms with E-state index in [1.54, 1.807) is 0 Å². The first-order chi connectivity index (χ1) is 9.54. The Morgan fingerprint density at radius 2 is 2.15 bits per heavy atom. The highest BCUT2D eigenvalue weighted by atomic mass is 19.2. The third-order valence-corrected chi connectivity index (χ3v) is 3.52. The lowest BCUT2D eigenvalue weighted by Crippen LogP contribution is -2.46. The van der Waals surface area contributed by atoms with Crippen molar-refractivity contribution in [1.29, 1.82) is 0 Å². The maximum absolute atomic E-state index is 13.8. The molecule has 1 aliphatic heterocycles. The van der Waals surface area contributed by atoms with Crippen LogP contribution in [0.1, 0.15) is 29.3 Å². The molecule has 1 heterocycles. The van der Waals surface area contributed by atoms with Gasteiger partial charge in [-0.3, -0.25) is 9.69 Å². The zero-order chi connectivity index (χ0) is 14.7. The van der Waals surface area contributed by atoms with E-state index in [-0.39, 0.29) is 11.1 Å². The van der Waals surface area contributed by atoms with Crippen LogP contribution < -0.4 is 0 Å². The molecule has 1 aromatic rings. The molecule has 3 nitrogen and oxygen atoms in total. The van der Waals surface area contributed by atoms with Crippen LogP contribution in [0.3, 0.4) is 0 Å². The number of carbonyl (C=O) groups excluding carboxylic acids is 1. The summed E-state index contributed by atoms with van der Waals surface area (Å²) in [6.07, 6.45) is 0.265. The van der Waals surface area contributed by atoms with Gasteiger partial charge in [0.05, 0.1) is 12.2 Å². The number of benzene rings is 1. The van der Waals surface area contributed by atoms with Crippen LogP contribution in [0.5, 0.6) is 0 Å². The van der Waals surface area contributed by atoms with E-state index in [1.165, 1.54) is 19.1 Å². The minimum absolute atomic E-state index is 0.191. The van der Waals surface area contributed by atoms with Gasteiger partial charge in [0.2, 0.25) is 0 Å². The Bertz CT molecular complexity index is 503. The standard InChI is InChI=1S/C15H19F2NO2/c1-3-6-18-7-8-20-12(9-18)15(19)11-5-4-10(2)13(16)14(11)17/h4-5,12H,3,6-9H2,1-2H3. The number of rotatable bonds is 4. The average molecular weight is 283 g/mol. The second kappa shape index (κ2) is 6.41. The van der Waals surface area contributed by atoms with Gasteiger partial charge in [0.25, 0.3) is 0 Å². The number of hydrogen-bond acceptors (Lipinski definition) is 3. The third-order valence-electron chi connectivity index (χ3n) is 3.52. The van der Waals surface area contributed by atoms with Crippen LogP contribution in [-0.2, 0) is 4.74 Å². The van der Waals surface area contributed by atoms with E-state index in [0.29, 0.717) is 13.2 Å². The predicted octanol–water partition coefficient (Wildman–Crippen LogP) is 2.57. The number of morpholine rings is 1. The molecule has 0 radical (unpaired) electrons. The molecular weight excluding hydrogens is 264 g/mol. The second-order valence-corrected chi connectivity index (χ2v) is 5.08. The Morgan fingerprint density at radius 3 is 2.85 bits per heavy atom. The number of carbonyl (C=O) groups is 1. The van der Waals surface area contributed by atoms with Crippen molar-refractivity contribution in [1.82, 2.24) is 4.90 Å². The van der Waals surface area contributed by atoms with Crippen molar-refractivity contribution in [3.63, 3.8) is 0 Å². The van der Waals surface area contributed by atoms with E-state index in [9.17, 15) is 13.6 Å². The van der Waals surface area contributed by atoms with Crippen LogP contribution in [-0.4, -0.2) is 43.0 Å². The van der Waals surface area contributed by atoms with Gasteiger partial charge in [0, 0.05) is 13.1 Å². The van der Waals surface area contributed by atoms with Crippen LogP contribution in [0.15, 0.2) is 12.1 Å². The summed E-state index contributed by atoms with van der Waals surface area (Å²) in [6.45, 7) is 6.03. The van der Waals surface area contributed by atoms with Crippen molar-refractivity contribution in [3.8, 4) is 0 Å². The van der Waals surface area contributed by atoms with Crippen LogP contribution >= 0.6 is 0 Å². The average Bonchev–Trinajstić information content (AvgIpc) is 2.45. The van der Waals surface area contributed by atoms with Gasteiger partial charge in [-0.1, -0.05) is 13.0 Å². The van der Waals surface area contributed by atoms with Crippen molar-refractivity contribution in [2.75, 3.05) is 26.2 Å². The maximum atomic E-state index is 13.8. The van der Waals surface area contributed by atoms with E-state index in [0.717, 1.165) is 19.5 Å². The molecule has 1 saturated heterocycles. The summed E-state index contributed by atoms with van der Waals surface area (Å²) in [4.78, 5) is 14.4.